The van der Waals surface area contributed by atoms with Gasteiger partial charge in [-0.3, -0.25) is 4.57 Å². The fraction of sp³-hybridized carbons (Fsp3) is 0.400. The molecule has 0 bridgehead atoms. The van der Waals surface area contributed by atoms with Gasteiger partial charge in [-0.25, -0.2) is 4.39 Å². The molecule has 1 N–H and O–H groups in total. The first kappa shape index (κ1) is 28.9. The van der Waals surface area contributed by atoms with Crippen LogP contribution in [-0.2, 0) is 15.9 Å². The van der Waals surface area contributed by atoms with Crippen LogP contribution in [0.1, 0.15) is 56.4 Å². The van der Waals surface area contributed by atoms with Crippen molar-refractivity contribution in [2.45, 2.75) is 46.3 Å². The molecule has 3 aromatic carbocycles. The molecule has 0 spiro atoms. The molecule has 0 saturated carbocycles. The van der Waals surface area contributed by atoms with Crippen molar-refractivity contribution in [2.24, 2.45) is 5.41 Å². The van der Waals surface area contributed by atoms with Crippen molar-refractivity contribution in [3.63, 3.8) is 0 Å². The average Bonchev–Trinajstić information content (AvgIpc) is 2.82. The molecule has 0 saturated heterocycles. The maximum absolute atomic E-state index is 15.0. The van der Waals surface area contributed by atoms with E-state index in [4.69, 9.17) is 14.2 Å². The van der Waals surface area contributed by atoms with Gasteiger partial charge >= 0.3 is 0 Å². The molecule has 0 radical (unpaired) electrons. The molecular weight excluding hydrogens is 490 g/mol. The van der Waals surface area contributed by atoms with Gasteiger partial charge in [-0.05, 0) is 70.0 Å². The third kappa shape index (κ3) is 7.67. The number of rotatable bonds is 10. The second-order valence-corrected chi connectivity index (χ2v) is 13.2. The summed E-state index contributed by atoms with van der Waals surface area (Å²) in [4.78, 5) is 9.75. The van der Waals surface area contributed by atoms with Crippen LogP contribution in [0.4, 0.5) is 4.39 Å². The molecule has 0 aliphatic heterocycles. The van der Waals surface area contributed by atoms with E-state index in [-0.39, 0.29) is 29.4 Å². The Morgan fingerprint density at radius 3 is 2.32 bits per heavy atom. The molecular formula is C30H38FO5P. The second-order valence-electron chi connectivity index (χ2n) is 10.7. The van der Waals surface area contributed by atoms with Crippen molar-refractivity contribution >= 4 is 7.37 Å². The molecule has 0 heterocycles. The van der Waals surface area contributed by atoms with Crippen molar-refractivity contribution in [2.75, 3.05) is 27.0 Å². The van der Waals surface area contributed by atoms with Crippen molar-refractivity contribution in [3.8, 4) is 22.6 Å². The van der Waals surface area contributed by atoms with Gasteiger partial charge in [0.15, 0.2) is 7.37 Å². The van der Waals surface area contributed by atoms with Gasteiger partial charge in [-0.2, -0.15) is 0 Å². The summed E-state index contributed by atoms with van der Waals surface area (Å²) in [5.74, 6) is 0.855. The lowest BCUT2D eigenvalue weighted by Crippen LogP contribution is -2.21. The number of ether oxygens (including phenoxy) is 3. The predicted molar refractivity (Wildman–Crippen MR) is 147 cm³/mol. The molecule has 37 heavy (non-hydrogen) atoms. The number of methoxy groups -OCH3 is 2. The Morgan fingerprint density at radius 2 is 1.70 bits per heavy atom. The molecule has 0 aliphatic rings. The fourth-order valence-electron chi connectivity index (χ4n) is 4.64. The SMILES string of the molecule is COc1ccc(F)c(-c2ccc(COc3cccc([C@H](C)CP(C)(=O)O)c3)cc2[C@@H](OC)C(C)(C)C)c1. The van der Waals surface area contributed by atoms with E-state index in [2.05, 4.69) is 20.8 Å². The largest absolute Gasteiger partial charge is 0.497 e. The lowest BCUT2D eigenvalue weighted by atomic mass is 9.81. The molecule has 7 heteroatoms. The summed E-state index contributed by atoms with van der Waals surface area (Å²) in [6, 6.07) is 18.2. The van der Waals surface area contributed by atoms with E-state index < -0.39 is 7.37 Å². The fourth-order valence-corrected chi connectivity index (χ4v) is 5.87. The lowest BCUT2D eigenvalue weighted by molar-refractivity contribution is 0.0155. The van der Waals surface area contributed by atoms with Crippen LogP contribution < -0.4 is 9.47 Å². The third-order valence-electron chi connectivity index (χ3n) is 6.33. The minimum Gasteiger partial charge on any atom is -0.497 e. The highest BCUT2D eigenvalue weighted by molar-refractivity contribution is 7.57. The van der Waals surface area contributed by atoms with Crippen molar-refractivity contribution in [3.05, 3.63) is 83.2 Å². The Labute approximate surface area is 220 Å². The van der Waals surface area contributed by atoms with Crippen LogP contribution in [-0.4, -0.2) is 31.9 Å². The molecule has 200 valence electrons. The summed E-state index contributed by atoms with van der Waals surface area (Å²) in [7, 11) is 0.103. The predicted octanol–water partition coefficient (Wildman–Crippen LogP) is 7.82. The zero-order valence-corrected chi connectivity index (χ0v) is 23.6. The first-order chi connectivity index (χ1) is 17.3. The first-order valence-electron chi connectivity index (χ1n) is 12.3. The van der Waals surface area contributed by atoms with Gasteiger partial charge in [0, 0.05) is 25.5 Å². The normalized spacial score (nSPS) is 15.1. The zero-order valence-electron chi connectivity index (χ0n) is 22.7. The van der Waals surface area contributed by atoms with Gasteiger partial charge in [0.25, 0.3) is 0 Å². The van der Waals surface area contributed by atoms with Crippen molar-refractivity contribution in [1.82, 2.24) is 0 Å². The van der Waals surface area contributed by atoms with Crippen LogP contribution in [0, 0.1) is 11.2 Å². The van der Waals surface area contributed by atoms with Gasteiger partial charge in [-0.1, -0.05) is 52.0 Å². The van der Waals surface area contributed by atoms with Crippen LogP contribution in [0.25, 0.3) is 11.1 Å². The van der Waals surface area contributed by atoms with Crippen LogP contribution >= 0.6 is 7.37 Å². The molecule has 0 aromatic heterocycles. The molecule has 0 fully saturated rings. The topological polar surface area (TPSA) is 65.0 Å². The van der Waals surface area contributed by atoms with E-state index in [9.17, 15) is 13.8 Å². The van der Waals surface area contributed by atoms with Gasteiger partial charge in [-0.15, -0.1) is 0 Å². The second kappa shape index (κ2) is 11.8. The molecule has 0 aliphatic carbocycles. The summed E-state index contributed by atoms with van der Waals surface area (Å²) < 4.78 is 44.2. The molecule has 3 aromatic rings. The molecule has 3 atom stereocenters. The van der Waals surface area contributed by atoms with Crippen LogP contribution in [0.15, 0.2) is 60.7 Å². The van der Waals surface area contributed by atoms with Crippen LogP contribution in [0.2, 0.25) is 0 Å². The van der Waals surface area contributed by atoms with Gasteiger partial charge in [0.05, 0.1) is 13.2 Å². The highest BCUT2D eigenvalue weighted by Gasteiger charge is 2.29. The number of benzene rings is 3. The van der Waals surface area contributed by atoms with E-state index in [1.807, 2.05) is 49.4 Å². The third-order valence-corrected chi connectivity index (χ3v) is 7.55. The summed E-state index contributed by atoms with van der Waals surface area (Å²) >= 11 is 0. The number of halogens is 1. The van der Waals surface area contributed by atoms with Crippen molar-refractivity contribution < 1.29 is 28.1 Å². The van der Waals surface area contributed by atoms with E-state index >= 15 is 0 Å². The molecule has 0 amide bonds. The van der Waals surface area contributed by atoms with E-state index in [1.165, 1.54) is 12.7 Å². The molecule has 3 rings (SSSR count). The first-order valence-corrected chi connectivity index (χ1v) is 14.6. The Kier molecular flexibility index (Phi) is 9.22. The van der Waals surface area contributed by atoms with Crippen LogP contribution in [0.3, 0.4) is 0 Å². The summed E-state index contributed by atoms with van der Waals surface area (Å²) in [6.45, 7) is 9.89. The minimum absolute atomic E-state index is 0.0673. The van der Waals surface area contributed by atoms with E-state index in [0.29, 0.717) is 23.7 Å². The standard InChI is InChI=1S/C30H38FO5P/c1-20(19-37(7,32)33)22-9-8-10-24(16-22)36-18-21-11-13-25(26-17-23(34-5)12-14-28(26)31)27(15-21)29(35-6)30(2,3)4/h8-17,20,29H,18-19H2,1-7H3,(H,32,33)/t20-,29-/m1/s1. The maximum Gasteiger partial charge on any atom is 0.198 e. The monoisotopic (exact) mass is 528 g/mol. The summed E-state index contributed by atoms with van der Waals surface area (Å²) in [6.07, 6.45) is -0.0757. The lowest BCUT2D eigenvalue weighted by Gasteiger charge is -2.32. The highest BCUT2D eigenvalue weighted by atomic mass is 31.2. The smallest absolute Gasteiger partial charge is 0.198 e. The van der Waals surface area contributed by atoms with E-state index in [1.54, 1.807) is 26.4 Å². The Morgan fingerprint density at radius 1 is 0.973 bits per heavy atom. The molecule has 5 nitrogen and oxygen atoms in total. The number of hydrogen-bond acceptors (Lipinski definition) is 4. The molecule has 1 unspecified atom stereocenters. The van der Waals surface area contributed by atoms with Gasteiger partial charge < -0.3 is 19.1 Å². The highest BCUT2D eigenvalue weighted by Crippen LogP contribution is 2.43. The van der Waals surface area contributed by atoms with Crippen molar-refractivity contribution in [1.29, 1.82) is 0 Å². The van der Waals surface area contributed by atoms with E-state index in [0.717, 1.165) is 22.3 Å². The Balaban J connectivity index is 1.94. The Hall–Kier alpha value is -2.66. The number of hydrogen-bond donors (Lipinski definition) is 1. The quantitative estimate of drug-likeness (QED) is 0.272. The maximum atomic E-state index is 15.0. The van der Waals surface area contributed by atoms with Gasteiger partial charge in [0.1, 0.15) is 23.9 Å². The average molecular weight is 529 g/mol. The zero-order chi connectivity index (χ0) is 27.4. The minimum atomic E-state index is -3.12. The van der Waals surface area contributed by atoms with Gasteiger partial charge in [0.2, 0.25) is 0 Å². The van der Waals surface area contributed by atoms with Crippen LogP contribution in [0.5, 0.6) is 11.5 Å². The summed E-state index contributed by atoms with van der Waals surface area (Å²) in [5.41, 5.74) is 3.68. The Bertz CT molecular complexity index is 1260. The summed E-state index contributed by atoms with van der Waals surface area (Å²) in [5, 5.41) is 0.